The highest BCUT2D eigenvalue weighted by Gasteiger charge is 2.39. The van der Waals surface area contributed by atoms with Crippen molar-refractivity contribution in [1.82, 2.24) is 0 Å². The average Bonchev–Trinajstić information content (AvgIpc) is 2.18. The Kier molecular flexibility index (Phi) is 2.44. The molecule has 76 valence electrons. The smallest absolute Gasteiger partial charge is 0.118 e. The van der Waals surface area contributed by atoms with E-state index in [2.05, 4.69) is 0 Å². The first-order chi connectivity index (χ1) is 6.80. The van der Waals surface area contributed by atoms with Crippen molar-refractivity contribution in [3.8, 4) is 5.75 Å². The van der Waals surface area contributed by atoms with Crippen LogP contribution in [-0.2, 0) is 10.2 Å². The van der Waals surface area contributed by atoms with E-state index < -0.39 is 0 Å². The van der Waals surface area contributed by atoms with E-state index in [0.29, 0.717) is 13.2 Å². The molecule has 1 N–H and O–H groups in total. The van der Waals surface area contributed by atoms with Crippen molar-refractivity contribution in [2.45, 2.75) is 5.41 Å². The first-order valence-electron chi connectivity index (χ1n) is 4.64. The zero-order valence-electron chi connectivity index (χ0n) is 8.19. The van der Waals surface area contributed by atoms with Gasteiger partial charge in [0.25, 0.3) is 0 Å². The van der Waals surface area contributed by atoms with E-state index in [-0.39, 0.29) is 12.0 Å². The molecule has 1 aliphatic heterocycles. The molecule has 0 saturated carbocycles. The largest absolute Gasteiger partial charge is 0.497 e. The molecule has 3 heteroatoms. The Labute approximate surface area is 83.3 Å². The standard InChI is InChI=1S/C11H14O3/c1-13-10-4-2-9(3-5-10)11(6-12)7-14-8-11/h2-5,12H,6-8H2,1H3. The fourth-order valence-corrected chi connectivity index (χ4v) is 1.64. The average molecular weight is 194 g/mol. The van der Waals surface area contributed by atoms with Gasteiger partial charge in [-0.05, 0) is 17.7 Å². The highest BCUT2D eigenvalue weighted by molar-refractivity contribution is 5.34. The number of hydrogen-bond donors (Lipinski definition) is 1. The Bertz CT molecular complexity index is 295. The molecule has 0 radical (unpaired) electrons. The lowest BCUT2D eigenvalue weighted by atomic mass is 9.79. The number of benzene rings is 1. The second-order valence-electron chi connectivity index (χ2n) is 3.66. The fraction of sp³-hybridized carbons (Fsp3) is 0.455. The molecular weight excluding hydrogens is 180 g/mol. The van der Waals surface area contributed by atoms with Crippen molar-refractivity contribution >= 4 is 0 Å². The van der Waals surface area contributed by atoms with Gasteiger partial charge < -0.3 is 14.6 Å². The van der Waals surface area contributed by atoms with Crippen LogP contribution in [0, 0.1) is 0 Å². The molecule has 3 nitrogen and oxygen atoms in total. The zero-order chi connectivity index (χ0) is 10.0. The summed E-state index contributed by atoms with van der Waals surface area (Å²) in [5, 5.41) is 9.31. The normalized spacial score (nSPS) is 18.7. The molecule has 0 unspecified atom stereocenters. The summed E-state index contributed by atoms with van der Waals surface area (Å²) >= 11 is 0. The van der Waals surface area contributed by atoms with Gasteiger partial charge >= 0.3 is 0 Å². The Morgan fingerprint density at radius 3 is 2.36 bits per heavy atom. The van der Waals surface area contributed by atoms with Crippen LogP contribution in [0.2, 0.25) is 0 Å². The molecule has 0 aromatic heterocycles. The van der Waals surface area contributed by atoms with Crippen LogP contribution in [-0.4, -0.2) is 32.0 Å². The maximum atomic E-state index is 9.31. The number of ether oxygens (including phenoxy) is 2. The predicted molar refractivity (Wildman–Crippen MR) is 52.6 cm³/mol. The molecule has 1 fully saturated rings. The molecule has 1 aromatic rings. The van der Waals surface area contributed by atoms with E-state index in [4.69, 9.17) is 9.47 Å². The number of methoxy groups -OCH3 is 1. The lowest BCUT2D eigenvalue weighted by Crippen LogP contribution is -2.49. The zero-order valence-corrected chi connectivity index (χ0v) is 8.19. The van der Waals surface area contributed by atoms with Gasteiger partial charge in [-0.3, -0.25) is 0 Å². The maximum absolute atomic E-state index is 9.31. The lowest BCUT2D eigenvalue weighted by molar-refractivity contribution is -0.0841. The Morgan fingerprint density at radius 1 is 1.36 bits per heavy atom. The topological polar surface area (TPSA) is 38.7 Å². The van der Waals surface area contributed by atoms with Crippen molar-refractivity contribution in [3.05, 3.63) is 29.8 Å². The van der Waals surface area contributed by atoms with Crippen LogP contribution in [0.1, 0.15) is 5.56 Å². The molecule has 0 atom stereocenters. The first kappa shape index (κ1) is 9.49. The van der Waals surface area contributed by atoms with E-state index in [9.17, 15) is 5.11 Å². The van der Waals surface area contributed by atoms with Gasteiger partial charge in [0.15, 0.2) is 0 Å². The number of hydrogen-bond acceptors (Lipinski definition) is 3. The molecule has 1 aromatic carbocycles. The summed E-state index contributed by atoms with van der Waals surface area (Å²) in [4.78, 5) is 0. The van der Waals surface area contributed by atoms with Gasteiger partial charge in [-0.25, -0.2) is 0 Å². The fourth-order valence-electron chi connectivity index (χ4n) is 1.64. The summed E-state index contributed by atoms with van der Waals surface area (Å²) < 4.78 is 10.2. The van der Waals surface area contributed by atoms with Crippen LogP contribution < -0.4 is 4.74 Å². The Balaban J connectivity index is 2.23. The SMILES string of the molecule is COc1ccc(C2(CO)COC2)cc1. The summed E-state index contributed by atoms with van der Waals surface area (Å²) in [7, 11) is 1.64. The van der Waals surface area contributed by atoms with Crippen molar-refractivity contribution in [2.24, 2.45) is 0 Å². The van der Waals surface area contributed by atoms with E-state index in [1.54, 1.807) is 7.11 Å². The quantitative estimate of drug-likeness (QED) is 0.778. The minimum Gasteiger partial charge on any atom is -0.497 e. The first-order valence-corrected chi connectivity index (χ1v) is 4.64. The molecule has 1 saturated heterocycles. The van der Waals surface area contributed by atoms with Crippen LogP contribution in [0.25, 0.3) is 0 Å². The Morgan fingerprint density at radius 2 is 2.00 bits per heavy atom. The van der Waals surface area contributed by atoms with Crippen molar-refractivity contribution in [1.29, 1.82) is 0 Å². The van der Waals surface area contributed by atoms with Gasteiger partial charge in [0.1, 0.15) is 5.75 Å². The molecule has 0 amide bonds. The van der Waals surface area contributed by atoms with Gasteiger partial charge in [-0.15, -0.1) is 0 Å². The molecule has 1 heterocycles. The van der Waals surface area contributed by atoms with E-state index >= 15 is 0 Å². The monoisotopic (exact) mass is 194 g/mol. The summed E-state index contributed by atoms with van der Waals surface area (Å²) in [5.74, 6) is 0.835. The highest BCUT2D eigenvalue weighted by Crippen LogP contribution is 2.32. The summed E-state index contributed by atoms with van der Waals surface area (Å²) in [6.07, 6.45) is 0. The third-order valence-electron chi connectivity index (χ3n) is 2.76. The molecule has 1 aliphatic rings. The summed E-state index contributed by atoms with van der Waals surface area (Å²) in [6.45, 7) is 1.35. The van der Waals surface area contributed by atoms with Gasteiger partial charge in [0, 0.05) is 0 Å². The van der Waals surface area contributed by atoms with Gasteiger partial charge in [0.05, 0.1) is 32.3 Å². The molecule has 0 aliphatic carbocycles. The third kappa shape index (κ3) is 1.38. The van der Waals surface area contributed by atoms with Gasteiger partial charge in [-0.1, -0.05) is 12.1 Å². The number of aliphatic hydroxyl groups is 1. The molecule has 14 heavy (non-hydrogen) atoms. The van der Waals surface area contributed by atoms with Crippen molar-refractivity contribution in [2.75, 3.05) is 26.9 Å². The molecule has 2 rings (SSSR count). The van der Waals surface area contributed by atoms with Crippen LogP contribution in [0.3, 0.4) is 0 Å². The lowest BCUT2D eigenvalue weighted by Gasteiger charge is -2.40. The molecule has 0 spiro atoms. The summed E-state index contributed by atoms with van der Waals surface area (Å²) in [6, 6.07) is 7.78. The van der Waals surface area contributed by atoms with Crippen molar-refractivity contribution < 1.29 is 14.6 Å². The van der Waals surface area contributed by atoms with Crippen LogP contribution in [0.15, 0.2) is 24.3 Å². The number of rotatable bonds is 3. The van der Waals surface area contributed by atoms with Crippen LogP contribution in [0.4, 0.5) is 0 Å². The second kappa shape index (κ2) is 3.59. The van der Waals surface area contributed by atoms with Gasteiger partial charge in [-0.2, -0.15) is 0 Å². The predicted octanol–water partition coefficient (Wildman–Crippen LogP) is 0.956. The van der Waals surface area contributed by atoms with E-state index in [0.717, 1.165) is 11.3 Å². The maximum Gasteiger partial charge on any atom is 0.118 e. The number of aliphatic hydroxyl groups excluding tert-OH is 1. The second-order valence-corrected chi connectivity index (χ2v) is 3.66. The van der Waals surface area contributed by atoms with E-state index in [1.807, 2.05) is 24.3 Å². The molecular formula is C11H14O3. The summed E-state index contributed by atoms with van der Waals surface area (Å²) in [5.41, 5.74) is 0.943. The molecule has 0 bridgehead atoms. The minimum absolute atomic E-state index is 0.138. The van der Waals surface area contributed by atoms with Gasteiger partial charge in [0.2, 0.25) is 0 Å². The van der Waals surface area contributed by atoms with Crippen molar-refractivity contribution in [3.63, 3.8) is 0 Å². The van der Waals surface area contributed by atoms with E-state index in [1.165, 1.54) is 0 Å². The minimum atomic E-state index is -0.174. The highest BCUT2D eigenvalue weighted by atomic mass is 16.5. The Hall–Kier alpha value is -1.06. The van der Waals surface area contributed by atoms with Crippen LogP contribution in [0.5, 0.6) is 5.75 Å². The third-order valence-corrected chi connectivity index (χ3v) is 2.76. The van der Waals surface area contributed by atoms with Crippen LogP contribution >= 0.6 is 0 Å².